The standard InChI is InChI=1S/C15H23NO2.CH3F/c1-4-7-8-13(5-2)11-16-10-9-14(12-16)15(17)18-6-3;1-2/h4-5,7-8,14H,1,6,9-12H2,2-3H3;1H3/b8-7-,13-5+;. The molecule has 1 saturated heterocycles. The number of likely N-dealkylation sites (tertiary alicyclic amines) is 1. The fraction of sp³-hybridized carbons (Fsp3) is 0.562. The van der Waals surface area contributed by atoms with E-state index in [1.807, 2.05) is 19.9 Å². The smallest absolute Gasteiger partial charge is 0.310 e. The van der Waals surface area contributed by atoms with E-state index in [9.17, 15) is 9.18 Å². The molecule has 0 bridgehead atoms. The minimum atomic E-state index is -0.0522. The van der Waals surface area contributed by atoms with E-state index in [0.29, 0.717) is 13.8 Å². The van der Waals surface area contributed by atoms with Crippen molar-refractivity contribution in [3.63, 3.8) is 0 Å². The van der Waals surface area contributed by atoms with Crippen molar-refractivity contribution in [3.8, 4) is 0 Å². The molecule has 1 unspecified atom stereocenters. The van der Waals surface area contributed by atoms with Crippen LogP contribution in [0.2, 0.25) is 0 Å². The van der Waals surface area contributed by atoms with Crippen LogP contribution in [-0.2, 0) is 9.53 Å². The Morgan fingerprint density at radius 3 is 2.75 bits per heavy atom. The summed E-state index contributed by atoms with van der Waals surface area (Å²) in [5.74, 6) is -0.00454. The molecule has 1 heterocycles. The van der Waals surface area contributed by atoms with Gasteiger partial charge in [0.25, 0.3) is 0 Å². The summed E-state index contributed by atoms with van der Waals surface area (Å²) in [4.78, 5) is 13.9. The molecule has 0 aromatic rings. The van der Waals surface area contributed by atoms with Gasteiger partial charge in [0.05, 0.1) is 19.7 Å². The van der Waals surface area contributed by atoms with Gasteiger partial charge in [-0.25, -0.2) is 0 Å². The summed E-state index contributed by atoms with van der Waals surface area (Å²) in [6.45, 7) is 10.7. The number of carbonyl (C=O) groups excluding carboxylic acids is 1. The average molecular weight is 283 g/mol. The Bertz CT molecular complexity index is 350. The highest BCUT2D eigenvalue weighted by molar-refractivity contribution is 5.73. The Morgan fingerprint density at radius 2 is 2.20 bits per heavy atom. The molecule has 20 heavy (non-hydrogen) atoms. The molecule has 1 atom stereocenters. The summed E-state index contributed by atoms with van der Waals surface area (Å²) in [6.07, 6.45) is 8.77. The van der Waals surface area contributed by atoms with E-state index in [2.05, 4.69) is 23.6 Å². The fourth-order valence-electron chi connectivity index (χ4n) is 2.12. The number of esters is 1. The van der Waals surface area contributed by atoms with Crippen LogP contribution in [0.15, 0.2) is 36.5 Å². The minimum Gasteiger partial charge on any atom is -0.466 e. The largest absolute Gasteiger partial charge is 0.466 e. The van der Waals surface area contributed by atoms with Crippen LogP contribution in [0.5, 0.6) is 0 Å². The minimum absolute atomic E-state index is 0.0476. The lowest BCUT2D eigenvalue weighted by Crippen LogP contribution is -2.26. The molecular weight excluding hydrogens is 257 g/mol. The highest BCUT2D eigenvalue weighted by Crippen LogP contribution is 2.19. The van der Waals surface area contributed by atoms with E-state index in [4.69, 9.17) is 4.74 Å². The molecule has 0 radical (unpaired) electrons. The van der Waals surface area contributed by atoms with Crippen LogP contribution in [0.25, 0.3) is 0 Å². The van der Waals surface area contributed by atoms with Crippen molar-refractivity contribution in [1.29, 1.82) is 0 Å². The lowest BCUT2D eigenvalue weighted by atomic mass is 10.1. The zero-order valence-electron chi connectivity index (χ0n) is 12.8. The number of halogens is 1. The van der Waals surface area contributed by atoms with Gasteiger partial charge in [-0.1, -0.05) is 30.9 Å². The summed E-state index contributed by atoms with van der Waals surface area (Å²) in [7, 11) is 0.500. The van der Waals surface area contributed by atoms with Crippen molar-refractivity contribution in [2.45, 2.75) is 20.3 Å². The first-order chi connectivity index (χ1) is 9.71. The zero-order chi connectivity index (χ0) is 15.4. The molecule has 1 aliphatic rings. The molecule has 1 rings (SSSR count). The van der Waals surface area contributed by atoms with E-state index in [1.54, 1.807) is 6.08 Å². The van der Waals surface area contributed by atoms with Gasteiger partial charge < -0.3 is 4.74 Å². The normalized spacial score (nSPS) is 19.6. The van der Waals surface area contributed by atoms with Crippen LogP contribution in [0.3, 0.4) is 0 Å². The molecule has 1 aliphatic heterocycles. The molecule has 0 aliphatic carbocycles. The molecule has 114 valence electrons. The Balaban J connectivity index is 0.00000172. The van der Waals surface area contributed by atoms with Gasteiger partial charge in [0.2, 0.25) is 0 Å². The number of hydrogen-bond acceptors (Lipinski definition) is 3. The number of nitrogens with zero attached hydrogens (tertiary/aromatic N) is 1. The lowest BCUT2D eigenvalue weighted by molar-refractivity contribution is -0.147. The van der Waals surface area contributed by atoms with E-state index in [0.717, 1.165) is 26.1 Å². The zero-order valence-corrected chi connectivity index (χ0v) is 12.8. The van der Waals surface area contributed by atoms with Crippen LogP contribution in [0.4, 0.5) is 4.39 Å². The second-order valence-electron chi connectivity index (χ2n) is 4.43. The van der Waals surface area contributed by atoms with Crippen molar-refractivity contribution < 1.29 is 13.9 Å². The maximum atomic E-state index is 11.6. The molecular formula is C16H26FNO2. The molecule has 0 N–H and O–H groups in total. The second-order valence-corrected chi connectivity index (χ2v) is 4.43. The third-order valence-electron chi connectivity index (χ3n) is 3.12. The summed E-state index contributed by atoms with van der Waals surface area (Å²) >= 11 is 0. The van der Waals surface area contributed by atoms with E-state index >= 15 is 0 Å². The Morgan fingerprint density at radius 1 is 1.50 bits per heavy atom. The quantitative estimate of drug-likeness (QED) is 0.554. The predicted octanol–water partition coefficient (Wildman–Crippen LogP) is 3.15. The maximum Gasteiger partial charge on any atom is 0.310 e. The Hall–Kier alpha value is -1.42. The summed E-state index contributed by atoms with van der Waals surface area (Å²) in [5, 5.41) is 0. The van der Waals surface area contributed by atoms with Gasteiger partial charge in [-0.05, 0) is 32.4 Å². The first-order valence-electron chi connectivity index (χ1n) is 6.92. The monoisotopic (exact) mass is 283 g/mol. The lowest BCUT2D eigenvalue weighted by Gasteiger charge is -2.16. The summed E-state index contributed by atoms with van der Waals surface area (Å²) in [5.41, 5.74) is 1.25. The van der Waals surface area contributed by atoms with E-state index < -0.39 is 0 Å². The van der Waals surface area contributed by atoms with Crippen LogP contribution in [0, 0.1) is 5.92 Å². The molecule has 0 spiro atoms. The first kappa shape index (κ1) is 18.6. The van der Waals surface area contributed by atoms with Gasteiger partial charge >= 0.3 is 5.97 Å². The maximum absolute atomic E-state index is 11.6. The van der Waals surface area contributed by atoms with Gasteiger partial charge in [-0.2, -0.15) is 0 Å². The van der Waals surface area contributed by atoms with Gasteiger partial charge in [-0.15, -0.1) is 0 Å². The predicted molar refractivity (Wildman–Crippen MR) is 81.3 cm³/mol. The van der Waals surface area contributed by atoms with Crippen molar-refractivity contribution in [2.24, 2.45) is 5.92 Å². The number of hydrogen-bond donors (Lipinski definition) is 0. The second kappa shape index (κ2) is 11.4. The van der Waals surface area contributed by atoms with Crippen LogP contribution in [0.1, 0.15) is 20.3 Å². The van der Waals surface area contributed by atoms with Crippen molar-refractivity contribution in [1.82, 2.24) is 4.90 Å². The molecule has 4 heteroatoms. The molecule has 0 aromatic heterocycles. The van der Waals surface area contributed by atoms with E-state index in [1.165, 1.54) is 5.57 Å². The summed E-state index contributed by atoms with van der Waals surface area (Å²) in [6, 6.07) is 0. The molecule has 0 amide bonds. The molecule has 0 aromatic carbocycles. The van der Waals surface area contributed by atoms with Gasteiger partial charge in [0.15, 0.2) is 0 Å². The third-order valence-corrected chi connectivity index (χ3v) is 3.12. The van der Waals surface area contributed by atoms with Crippen LogP contribution >= 0.6 is 0 Å². The summed E-state index contributed by atoms with van der Waals surface area (Å²) < 4.78 is 14.6. The highest BCUT2D eigenvalue weighted by atomic mass is 19.1. The van der Waals surface area contributed by atoms with Gasteiger partial charge in [0.1, 0.15) is 0 Å². The SMILES string of the molecule is C=C/C=C\C(=C/C)CN1CCC(C(=O)OCC)C1.CF. The topological polar surface area (TPSA) is 29.5 Å². The Kier molecular flexibility index (Phi) is 10.6. The average Bonchev–Trinajstić information content (AvgIpc) is 2.94. The number of alkyl halides is 1. The fourth-order valence-corrected chi connectivity index (χ4v) is 2.12. The molecule has 1 fully saturated rings. The van der Waals surface area contributed by atoms with Crippen molar-refractivity contribution in [2.75, 3.05) is 33.4 Å². The third kappa shape index (κ3) is 6.66. The first-order valence-corrected chi connectivity index (χ1v) is 6.92. The number of carbonyl (C=O) groups is 1. The number of rotatable bonds is 6. The number of allylic oxidation sites excluding steroid dienone is 3. The molecule has 3 nitrogen and oxygen atoms in total. The molecule has 0 saturated carbocycles. The van der Waals surface area contributed by atoms with Crippen molar-refractivity contribution in [3.05, 3.63) is 36.5 Å². The number of ether oxygens (including phenoxy) is 1. The van der Waals surface area contributed by atoms with Gasteiger partial charge in [-0.3, -0.25) is 14.1 Å². The van der Waals surface area contributed by atoms with Gasteiger partial charge in [0, 0.05) is 13.1 Å². The van der Waals surface area contributed by atoms with E-state index in [-0.39, 0.29) is 11.9 Å². The van der Waals surface area contributed by atoms with Crippen LogP contribution in [-0.4, -0.2) is 44.3 Å². The van der Waals surface area contributed by atoms with Crippen LogP contribution < -0.4 is 0 Å². The Labute approximate surface area is 121 Å². The highest BCUT2D eigenvalue weighted by Gasteiger charge is 2.29. The van der Waals surface area contributed by atoms with Crippen molar-refractivity contribution >= 4 is 5.97 Å².